The van der Waals surface area contributed by atoms with E-state index in [0.717, 1.165) is 18.7 Å². The second-order valence-corrected chi connectivity index (χ2v) is 7.54. The summed E-state index contributed by atoms with van der Waals surface area (Å²) >= 11 is 0. The van der Waals surface area contributed by atoms with Crippen molar-refractivity contribution < 1.29 is 4.79 Å². The van der Waals surface area contributed by atoms with Crippen LogP contribution in [0, 0.1) is 11.3 Å². The molecule has 0 aromatic heterocycles. The maximum atomic E-state index is 12.5. The van der Waals surface area contributed by atoms with E-state index >= 15 is 0 Å². The van der Waals surface area contributed by atoms with Crippen LogP contribution in [-0.4, -0.2) is 19.0 Å². The zero-order valence-electron chi connectivity index (χ0n) is 16.6. The maximum Gasteiger partial charge on any atom is 0.266 e. The van der Waals surface area contributed by atoms with Crippen molar-refractivity contribution in [1.29, 1.82) is 5.26 Å². The number of carbonyl (C=O) groups excluding carboxylic acids is 1. The maximum absolute atomic E-state index is 12.5. The number of nitriles is 1. The van der Waals surface area contributed by atoms with E-state index in [1.54, 1.807) is 6.08 Å². The van der Waals surface area contributed by atoms with Gasteiger partial charge in [-0.3, -0.25) is 4.79 Å². The molecule has 0 atom stereocenters. The van der Waals surface area contributed by atoms with Gasteiger partial charge in [-0.2, -0.15) is 5.26 Å². The van der Waals surface area contributed by atoms with Crippen molar-refractivity contribution in [3.8, 4) is 6.07 Å². The summed E-state index contributed by atoms with van der Waals surface area (Å²) in [5, 5.41) is 12.2. The number of nitrogens with zero attached hydrogens (tertiary/aromatic N) is 2. The molecule has 0 bridgehead atoms. The summed E-state index contributed by atoms with van der Waals surface area (Å²) in [6, 6.07) is 17.8. The Morgan fingerprint density at radius 1 is 1.04 bits per heavy atom. The number of hydrogen-bond acceptors (Lipinski definition) is 3. The molecule has 1 aliphatic rings. The molecule has 0 saturated carbocycles. The first-order chi connectivity index (χ1) is 13.6. The lowest BCUT2D eigenvalue weighted by Crippen LogP contribution is -2.29. The predicted octanol–water partition coefficient (Wildman–Crippen LogP) is 5.35. The zero-order valence-corrected chi connectivity index (χ0v) is 16.6. The fraction of sp³-hybridized carbons (Fsp3) is 0.333. The third kappa shape index (κ3) is 5.01. The van der Waals surface area contributed by atoms with E-state index in [2.05, 4.69) is 24.1 Å². The number of benzene rings is 2. The van der Waals surface area contributed by atoms with Crippen molar-refractivity contribution >= 4 is 23.4 Å². The molecule has 0 unspecified atom stereocenters. The highest BCUT2D eigenvalue weighted by Crippen LogP contribution is 2.22. The molecule has 1 aliphatic heterocycles. The van der Waals surface area contributed by atoms with Crippen LogP contribution >= 0.6 is 0 Å². The van der Waals surface area contributed by atoms with Crippen molar-refractivity contribution in [2.24, 2.45) is 0 Å². The van der Waals surface area contributed by atoms with E-state index < -0.39 is 0 Å². The molecule has 4 nitrogen and oxygen atoms in total. The molecule has 1 heterocycles. The Labute approximate surface area is 167 Å². The van der Waals surface area contributed by atoms with Crippen LogP contribution in [0.3, 0.4) is 0 Å². The van der Waals surface area contributed by atoms with Crippen molar-refractivity contribution in [3.63, 3.8) is 0 Å². The van der Waals surface area contributed by atoms with Gasteiger partial charge in [0.15, 0.2) is 0 Å². The Morgan fingerprint density at radius 2 is 1.68 bits per heavy atom. The van der Waals surface area contributed by atoms with Gasteiger partial charge in [0.1, 0.15) is 11.6 Å². The van der Waals surface area contributed by atoms with Gasteiger partial charge in [0, 0.05) is 24.5 Å². The molecule has 28 heavy (non-hydrogen) atoms. The third-order valence-electron chi connectivity index (χ3n) is 5.13. The molecule has 0 radical (unpaired) electrons. The summed E-state index contributed by atoms with van der Waals surface area (Å²) in [5.74, 6) is 0.0610. The van der Waals surface area contributed by atoms with Gasteiger partial charge in [0.05, 0.1) is 0 Å². The minimum Gasteiger partial charge on any atom is -0.372 e. The van der Waals surface area contributed by atoms with E-state index in [1.165, 1.54) is 30.5 Å². The fourth-order valence-electron chi connectivity index (χ4n) is 3.40. The largest absolute Gasteiger partial charge is 0.372 e. The first kappa shape index (κ1) is 19.7. The molecule has 144 valence electrons. The summed E-state index contributed by atoms with van der Waals surface area (Å²) in [4.78, 5) is 14.9. The van der Waals surface area contributed by atoms with Crippen LogP contribution in [0.1, 0.15) is 50.2 Å². The molecule has 1 N–H and O–H groups in total. The monoisotopic (exact) mass is 373 g/mol. The number of rotatable bonds is 5. The quantitative estimate of drug-likeness (QED) is 0.568. The lowest BCUT2D eigenvalue weighted by atomic mass is 10.0. The number of hydrogen-bond donors (Lipinski definition) is 1. The Bertz CT molecular complexity index is 868. The molecule has 1 fully saturated rings. The van der Waals surface area contributed by atoms with Crippen LogP contribution in [0.2, 0.25) is 0 Å². The summed E-state index contributed by atoms with van der Waals surface area (Å²) in [6.07, 6.45) is 5.38. The minimum atomic E-state index is -0.388. The molecular weight excluding hydrogens is 346 g/mol. The van der Waals surface area contributed by atoms with E-state index in [9.17, 15) is 10.1 Å². The average Bonchev–Trinajstić information content (AvgIpc) is 2.73. The molecule has 4 heteroatoms. The van der Waals surface area contributed by atoms with Gasteiger partial charge in [-0.1, -0.05) is 38.1 Å². The molecule has 1 amide bonds. The molecule has 2 aromatic carbocycles. The van der Waals surface area contributed by atoms with Gasteiger partial charge in [-0.15, -0.1) is 0 Å². The van der Waals surface area contributed by atoms with Gasteiger partial charge in [-0.05, 0) is 66.6 Å². The number of amides is 1. The summed E-state index contributed by atoms with van der Waals surface area (Å²) in [5.41, 5.74) is 4.05. The SMILES string of the molecule is CC(C)c1ccc(C=C(C#N)C(=O)Nc2ccc(N3CCCCC3)cc2)cc1. The second-order valence-electron chi connectivity index (χ2n) is 7.54. The minimum absolute atomic E-state index is 0.0948. The normalized spacial score (nSPS) is 14.6. The Balaban J connectivity index is 1.67. The number of piperidine rings is 1. The lowest BCUT2D eigenvalue weighted by Gasteiger charge is -2.28. The van der Waals surface area contributed by atoms with E-state index in [0.29, 0.717) is 11.6 Å². The first-order valence-electron chi connectivity index (χ1n) is 9.95. The molecule has 2 aromatic rings. The summed E-state index contributed by atoms with van der Waals surface area (Å²) in [6.45, 7) is 6.44. The van der Waals surface area contributed by atoms with Gasteiger partial charge < -0.3 is 10.2 Å². The highest BCUT2D eigenvalue weighted by Gasteiger charge is 2.12. The predicted molar refractivity (Wildman–Crippen MR) is 115 cm³/mol. The topological polar surface area (TPSA) is 56.1 Å². The molecular formula is C24H27N3O. The summed E-state index contributed by atoms with van der Waals surface area (Å²) < 4.78 is 0. The van der Waals surface area contributed by atoms with E-state index in [-0.39, 0.29) is 11.5 Å². The van der Waals surface area contributed by atoms with Crippen LogP contribution in [0.4, 0.5) is 11.4 Å². The van der Waals surface area contributed by atoms with Crippen LogP contribution in [0.25, 0.3) is 6.08 Å². The van der Waals surface area contributed by atoms with Crippen molar-refractivity contribution in [1.82, 2.24) is 0 Å². The third-order valence-corrected chi connectivity index (χ3v) is 5.13. The Hall–Kier alpha value is -3.06. The van der Waals surface area contributed by atoms with Crippen LogP contribution < -0.4 is 10.2 Å². The second kappa shape index (κ2) is 9.23. The van der Waals surface area contributed by atoms with Gasteiger partial charge in [0.25, 0.3) is 5.91 Å². The standard InChI is InChI=1S/C24H27N3O/c1-18(2)20-8-6-19(7-9-20)16-21(17-25)24(28)26-22-10-12-23(13-11-22)27-14-4-3-5-15-27/h6-13,16,18H,3-5,14-15H2,1-2H3,(H,26,28). The molecule has 3 rings (SSSR count). The fourth-order valence-corrected chi connectivity index (χ4v) is 3.40. The molecule has 1 saturated heterocycles. The lowest BCUT2D eigenvalue weighted by molar-refractivity contribution is -0.112. The molecule has 0 spiro atoms. The van der Waals surface area contributed by atoms with Gasteiger partial charge in [-0.25, -0.2) is 0 Å². The Kier molecular flexibility index (Phi) is 6.49. The highest BCUT2D eigenvalue weighted by molar-refractivity contribution is 6.09. The van der Waals surface area contributed by atoms with Crippen molar-refractivity contribution in [3.05, 3.63) is 65.2 Å². The average molecular weight is 374 g/mol. The summed E-state index contributed by atoms with van der Waals surface area (Å²) in [7, 11) is 0. The van der Waals surface area contributed by atoms with E-state index in [1.807, 2.05) is 54.6 Å². The van der Waals surface area contributed by atoms with Gasteiger partial charge in [0.2, 0.25) is 0 Å². The smallest absolute Gasteiger partial charge is 0.266 e. The Morgan fingerprint density at radius 3 is 2.25 bits per heavy atom. The van der Waals surface area contributed by atoms with Crippen LogP contribution in [0.15, 0.2) is 54.1 Å². The number of carbonyl (C=O) groups is 1. The number of anilines is 2. The molecule has 0 aliphatic carbocycles. The van der Waals surface area contributed by atoms with Crippen LogP contribution in [0.5, 0.6) is 0 Å². The van der Waals surface area contributed by atoms with E-state index in [4.69, 9.17) is 0 Å². The zero-order chi connectivity index (χ0) is 19.9. The van der Waals surface area contributed by atoms with Crippen LogP contribution in [-0.2, 0) is 4.79 Å². The number of nitrogens with one attached hydrogen (secondary N) is 1. The van der Waals surface area contributed by atoms with Crippen molar-refractivity contribution in [2.45, 2.75) is 39.0 Å². The highest BCUT2D eigenvalue weighted by atomic mass is 16.1. The van der Waals surface area contributed by atoms with Crippen molar-refractivity contribution in [2.75, 3.05) is 23.3 Å². The van der Waals surface area contributed by atoms with Gasteiger partial charge >= 0.3 is 0 Å². The first-order valence-corrected chi connectivity index (χ1v) is 9.95.